The van der Waals surface area contributed by atoms with E-state index in [1.807, 2.05) is 23.9 Å². The van der Waals surface area contributed by atoms with E-state index in [1.54, 1.807) is 7.11 Å². The van der Waals surface area contributed by atoms with Crippen LogP contribution >= 0.6 is 27.7 Å². The van der Waals surface area contributed by atoms with Crippen LogP contribution in [0.1, 0.15) is 6.42 Å². The van der Waals surface area contributed by atoms with Crippen molar-refractivity contribution in [1.82, 2.24) is 4.57 Å². The Hall–Kier alpha value is -1.24. The van der Waals surface area contributed by atoms with E-state index in [2.05, 4.69) is 67.7 Å². The van der Waals surface area contributed by atoms with E-state index >= 15 is 0 Å². The number of rotatable bonds is 3. The maximum Gasteiger partial charge on any atom is 0.323 e. The molecule has 0 saturated carbocycles. The van der Waals surface area contributed by atoms with Gasteiger partial charge in [-0.05, 0) is 66.7 Å². The van der Waals surface area contributed by atoms with Crippen LogP contribution in [0.25, 0.3) is 16.9 Å². The number of ether oxygens (including phenoxy) is 1. The molecule has 3 aromatic rings. The highest BCUT2D eigenvalue weighted by molar-refractivity contribution is 9.10. The van der Waals surface area contributed by atoms with E-state index in [4.69, 9.17) is 4.74 Å². The lowest BCUT2D eigenvalue weighted by Gasteiger charge is -2.09. The topological polar surface area (TPSA) is 18.0 Å². The number of aromatic nitrogens is 2. The van der Waals surface area contributed by atoms with E-state index in [9.17, 15) is 0 Å². The molecule has 0 atom stereocenters. The molecule has 0 saturated heterocycles. The fraction of sp³-hybridized carbons (Fsp3) is 0.211. The normalized spacial score (nSPS) is 13.0. The van der Waals surface area contributed by atoms with Gasteiger partial charge in [0.15, 0.2) is 5.69 Å². The molecule has 1 aromatic heterocycles. The molecule has 2 aromatic carbocycles. The zero-order valence-electron chi connectivity index (χ0n) is 13.8. The third-order valence-corrected chi connectivity index (χ3v) is 5.90. The van der Waals surface area contributed by atoms with Crippen molar-refractivity contribution < 1.29 is 26.3 Å². The number of benzene rings is 2. The molecule has 6 heteroatoms. The summed E-state index contributed by atoms with van der Waals surface area (Å²) in [6.07, 6.45) is 3.49. The maximum absolute atomic E-state index is 5.29. The number of hydrogen-bond donors (Lipinski definition) is 0. The molecule has 0 N–H and O–H groups in total. The number of methoxy groups -OCH3 is 1. The average Bonchev–Trinajstić information content (AvgIpc) is 3.02. The Morgan fingerprint density at radius 3 is 2.48 bits per heavy atom. The highest BCUT2D eigenvalue weighted by atomic mass is 79.9. The largest absolute Gasteiger partial charge is 1.00 e. The van der Waals surface area contributed by atoms with Gasteiger partial charge in [-0.3, -0.25) is 0 Å². The Morgan fingerprint density at radius 1 is 1.08 bits per heavy atom. The first-order chi connectivity index (χ1) is 11.8. The quantitative estimate of drug-likeness (QED) is 0.530. The first kappa shape index (κ1) is 18.5. The summed E-state index contributed by atoms with van der Waals surface area (Å²) in [5.74, 6) is 2.05. The number of hydrogen-bond acceptors (Lipinski definition) is 2. The van der Waals surface area contributed by atoms with Crippen molar-refractivity contribution >= 4 is 27.7 Å². The maximum atomic E-state index is 5.29. The van der Waals surface area contributed by atoms with Gasteiger partial charge >= 0.3 is 5.16 Å². The predicted molar refractivity (Wildman–Crippen MR) is 101 cm³/mol. The van der Waals surface area contributed by atoms with Crippen LogP contribution in [-0.2, 0) is 6.54 Å². The summed E-state index contributed by atoms with van der Waals surface area (Å²) >= 11 is 5.46. The first-order valence-electron chi connectivity index (χ1n) is 7.94. The number of halogens is 2. The molecule has 2 heterocycles. The fourth-order valence-corrected chi connectivity index (χ4v) is 4.37. The summed E-state index contributed by atoms with van der Waals surface area (Å²) in [6.45, 7) is 1.08. The summed E-state index contributed by atoms with van der Waals surface area (Å²) in [6, 6.07) is 16.8. The molecule has 1 aliphatic rings. The fourth-order valence-electron chi connectivity index (χ4n) is 3.00. The zero-order valence-corrected chi connectivity index (χ0v) is 17.8. The lowest BCUT2D eigenvalue weighted by Crippen LogP contribution is -3.00. The van der Waals surface area contributed by atoms with Crippen LogP contribution in [0.2, 0.25) is 0 Å². The number of fused-ring (bicyclic) bond motifs is 1. The molecule has 0 spiro atoms. The highest BCUT2D eigenvalue weighted by Gasteiger charge is 2.28. The van der Waals surface area contributed by atoms with Crippen LogP contribution < -0.4 is 26.3 Å². The van der Waals surface area contributed by atoms with Crippen molar-refractivity contribution in [3.63, 3.8) is 0 Å². The number of aryl methyl sites for hydroxylation is 1. The van der Waals surface area contributed by atoms with Gasteiger partial charge < -0.3 is 21.7 Å². The Balaban J connectivity index is 0.00000182. The van der Waals surface area contributed by atoms with Gasteiger partial charge in [-0.2, -0.15) is 4.57 Å². The molecule has 1 aliphatic heterocycles. The van der Waals surface area contributed by atoms with Crippen molar-refractivity contribution in [2.45, 2.75) is 18.1 Å². The minimum atomic E-state index is 0. The molecular formula is C19H18Br2N2OS. The molecule has 4 rings (SSSR count). The predicted octanol–water partition coefficient (Wildman–Crippen LogP) is 1.70. The lowest BCUT2D eigenvalue weighted by atomic mass is 10.1. The summed E-state index contributed by atoms with van der Waals surface area (Å²) in [5.41, 5.74) is 3.60. The molecule has 25 heavy (non-hydrogen) atoms. The summed E-state index contributed by atoms with van der Waals surface area (Å²) in [7, 11) is 1.70. The average molecular weight is 482 g/mol. The minimum absolute atomic E-state index is 0. The molecule has 0 bridgehead atoms. The van der Waals surface area contributed by atoms with Crippen LogP contribution in [0, 0.1) is 0 Å². The SMILES string of the molecule is COc1ccc(-c2c[n+]3c(n2-c2ccc(Br)cc2)SCCC3)cc1.[Br-]. The van der Waals surface area contributed by atoms with Crippen molar-refractivity contribution in [1.29, 1.82) is 0 Å². The van der Waals surface area contributed by atoms with Gasteiger partial charge in [0.05, 0.1) is 13.7 Å². The number of nitrogens with zero attached hydrogens (tertiary/aromatic N) is 2. The van der Waals surface area contributed by atoms with Crippen LogP contribution in [-0.4, -0.2) is 17.4 Å². The Morgan fingerprint density at radius 2 is 1.80 bits per heavy atom. The van der Waals surface area contributed by atoms with Crippen LogP contribution in [0.3, 0.4) is 0 Å². The third-order valence-electron chi connectivity index (χ3n) is 4.20. The molecule has 130 valence electrons. The van der Waals surface area contributed by atoms with Crippen LogP contribution in [0.15, 0.2) is 64.4 Å². The van der Waals surface area contributed by atoms with E-state index in [1.165, 1.54) is 34.3 Å². The van der Waals surface area contributed by atoms with Gasteiger partial charge in [-0.15, -0.1) is 0 Å². The second-order valence-electron chi connectivity index (χ2n) is 5.73. The van der Waals surface area contributed by atoms with E-state index in [0.29, 0.717) is 0 Å². The highest BCUT2D eigenvalue weighted by Crippen LogP contribution is 2.32. The smallest absolute Gasteiger partial charge is 0.323 e. The van der Waals surface area contributed by atoms with Gasteiger partial charge in [0, 0.05) is 15.8 Å². The standard InChI is InChI=1S/C19H18BrN2OS.BrH/c1-23-17-9-3-14(4-10-17)18-13-21-11-2-12-24-19(21)22(18)16-7-5-15(20)6-8-16;/h3-10,13H,2,11-12H2,1H3;1H/q+1;/p-1. The zero-order chi connectivity index (χ0) is 16.5. The molecule has 0 unspecified atom stereocenters. The van der Waals surface area contributed by atoms with Crippen LogP contribution in [0.5, 0.6) is 5.75 Å². The Labute approximate surface area is 170 Å². The molecular weight excluding hydrogens is 464 g/mol. The lowest BCUT2D eigenvalue weighted by molar-refractivity contribution is -0.734. The van der Waals surface area contributed by atoms with Crippen molar-refractivity contribution in [2.75, 3.05) is 12.9 Å². The van der Waals surface area contributed by atoms with E-state index < -0.39 is 0 Å². The van der Waals surface area contributed by atoms with Gasteiger partial charge in [0.1, 0.15) is 17.6 Å². The van der Waals surface area contributed by atoms with Gasteiger partial charge in [0.25, 0.3) is 0 Å². The molecule has 0 amide bonds. The summed E-state index contributed by atoms with van der Waals surface area (Å²) in [5, 5.41) is 1.30. The van der Waals surface area contributed by atoms with Crippen molar-refractivity contribution in [2.24, 2.45) is 0 Å². The second kappa shape index (κ2) is 7.98. The number of imidazole rings is 1. The molecule has 0 radical (unpaired) electrons. The van der Waals surface area contributed by atoms with Gasteiger partial charge in [-0.1, -0.05) is 15.9 Å². The Bertz CT molecular complexity index is 860. The van der Waals surface area contributed by atoms with Gasteiger partial charge in [-0.25, -0.2) is 4.57 Å². The van der Waals surface area contributed by atoms with Crippen molar-refractivity contribution in [3.8, 4) is 22.7 Å². The van der Waals surface area contributed by atoms with Crippen LogP contribution in [0.4, 0.5) is 0 Å². The van der Waals surface area contributed by atoms with E-state index in [0.717, 1.165) is 16.8 Å². The number of thioether (sulfide) groups is 1. The monoisotopic (exact) mass is 480 g/mol. The first-order valence-corrected chi connectivity index (χ1v) is 9.72. The summed E-state index contributed by atoms with van der Waals surface area (Å²) in [4.78, 5) is 0. The molecule has 0 fully saturated rings. The van der Waals surface area contributed by atoms with Crippen molar-refractivity contribution in [3.05, 3.63) is 59.2 Å². The molecule has 0 aliphatic carbocycles. The Kier molecular flexibility index (Phi) is 5.92. The summed E-state index contributed by atoms with van der Waals surface area (Å²) < 4.78 is 11.1. The molecule has 3 nitrogen and oxygen atoms in total. The third kappa shape index (κ3) is 3.66. The van der Waals surface area contributed by atoms with E-state index in [-0.39, 0.29) is 17.0 Å². The van der Waals surface area contributed by atoms with Gasteiger partial charge in [0.2, 0.25) is 0 Å². The minimum Gasteiger partial charge on any atom is -1.00 e. The second-order valence-corrected chi connectivity index (χ2v) is 7.71.